The Morgan fingerprint density at radius 2 is 2.06 bits per heavy atom. The number of benzene rings is 1. The summed E-state index contributed by atoms with van der Waals surface area (Å²) in [7, 11) is 0. The SMILES string of the molecule is Fc1cnc(=S)[nH]c1-c1cc(Cl)ccc1Cl. The highest BCUT2D eigenvalue weighted by Gasteiger charge is 2.10. The first-order valence-corrected chi connectivity index (χ1v) is 5.44. The minimum absolute atomic E-state index is 0.187. The number of hydrogen-bond acceptors (Lipinski definition) is 2. The van der Waals surface area contributed by atoms with Crippen molar-refractivity contribution in [1.82, 2.24) is 9.97 Å². The molecule has 2 rings (SSSR count). The van der Waals surface area contributed by atoms with E-state index in [-0.39, 0.29) is 10.5 Å². The molecule has 2 nitrogen and oxygen atoms in total. The monoisotopic (exact) mass is 274 g/mol. The molecule has 0 saturated carbocycles. The van der Waals surface area contributed by atoms with E-state index in [1.807, 2.05) is 0 Å². The van der Waals surface area contributed by atoms with Crippen LogP contribution in [0.2, 0.25) is 10.0 Å². The standard InChI is InChI=1S/C10H5Cl2FN2S/c11-5-1-2-7(12)6(3-5)9-8(13)4-14-10(16)15-9/h1-4H,(H,14,15,16). The Labute approximate surface area is 106 Å². The zero-order valence-corrected chi connectivity index (χ0v) is 10.1. The molecule has 0 spiro atoms. The smallest absolute Gasteiger partial charge is 0.197 e. The van der Waals surface area contributed by atoms with Crippen molar-refractivity contribution in [3.8, 4) is 11.3 Å². The summed E-state index contributed by atoms with van der Waals surface area (Å²) in [4.78, 5) is 6.27. The highest BCUT2D eigenvalue weighted by molar-refractivity contribution is 7.71. The summed E-state index contributed by atoms with van der Waals surface area (Å²) in [6.07, 6.45) is 1.05. The zero-order chi connectivity index (χ0) is 11.7. The Bertz CT molecular complexity index is 598. The molecule has 2 aromatic rings. The molecule has 82 valence electrons. The molecule has 0 unspecified atom stereocenters. The minimum atomic E-state index is -0.530. The summed E-state index contributed by atoms with van der Waals surface area (Å²) in [6, 6.07) is 4.78. The fourth-order valence-electron chi connectivity index (χ4n) is 1.26. The van der Waals surface area contributed by atoms with Gasteiger partial charge in [0.2, 0.25) is 0 Å². The largest absolute Gasteiger partial charge is 0.328 e. The zero-order valence-electron chi connectivity index (χ0n) is 7.80. The third kappa shape index (κ3) is 2.24. The van der Waals surface area contributed by atoms with Crippen LogP contribution in [0.15, 0.2) is 24.4 Å². The van der Waals surface area contributed by atoms with Crippen LogP contribution in [0.1, 0.15) is 0 Å². The van der Waals surface area contributed by atoms with Crippen molar-refractivity contribution >= 4 is 35.4 Å². The Kier molecular flexibility index (Phi) is 3.23. The lowest BCUT2D eigenvalue weighted by Gasteiger charge is -2.05. The molecule has 6 heteroatoms. The van der Waals surface area contributed by atoms with E-state index < -0.39 is 5.82 Å². The average molecular weight is 275 g/mol. The van der Waals surface area contributed by atoms with Crippen LogP contribution >= 0.6 is 35.4 Å². The predicted molar refractivity (Wildman–Crippen MR) is 64.8 cm³/mol. The first-order valence-electron chi connectivity index (χ1n) is 4.28. The molecule has 0 fully saturated rings. The summed E-state index contributed by atoms with van der Waals surface area (Å²) in [5.41, 5.74) is 0.646. The first-order chi connectivity index (χ1) is 7.58. The number of halogens is 3. The lowest BCUT2D eigenvalue weighted by molar-refractivity contribution is 0.617. The second kappa shape index (κ2) is 4.49. The summed E-state index contributed by atoms with van der Waals surface area (Å²) in [5, 5.41) is 0.857. The van der Waals surface area contributed by atoms with E-state index in [9.17, 15) is 4.39 Å². The van der Waals surface area contributed by atoms with E-state index >= 15 is 0 Å². The van der Waals surface area contributed by atoms with E-state index in [1.165, 1.54) is 0 Å². The molecule has 0 radical (unpaired) electrons. The van der Waals surface area contributed by atoms with Gasteiger partial charge >= 0.3 is 0 Å². The van der Waals surface area contributed by atoms with Crippen LogP contribution in [0, 0.1) is 10.6 Å². The van der Waals surface area contributed by atoms with Crippen molar-refractivity contribution in [2.24, 2.45) is 0 Å². The number of nitrogens with zero attached hydrogens (tertiary/aromatic N) is 1. The molecular weight excluding hydrogens is 270 g/mol. The maximum atomic E-state index is 13.5. The van der Waals surface area contributed by atoms with Gasteiger partial charge < -0.3 is 4.98 Å². The van der Waals surface area contributed by atoms with Gasteiger partial charge in [0, 0.05) is 10.6 Å². The van der Waals surface area contributed by atoms with E-state index in [1.54, 1.807) is 18.2 Å². The van der Waals surface area contributed by atoms with Gasteiger partial charge in [0.1, 0.15) is 0 Å². The van der Waals surface area contributed by atoms with E-state index in [2.05, 4.69) is 9.97 Å². The van der Waals surface area contributed by atoms with Crippen LogP contribution in [-0.2, 0) is 0 Å². The van der Waals surface area contributed by atoms with Gasteiger partial charge in [0.25, 0.3) is 0 Å². The third-order valence-electron chi connectivity index (χ3n) is 1.96. The molecule has 0 aliphatic carbocycles. The molecule has 0 amide bonds. The molecule has 1 N–H and O–H groups in total. The molecule has 0 saturated heterocycles. The molecule has 1 aromatic heterocycles. The number of aromatic amines is 1. The fraction of sp³-hybridized carbons (Fsp3) is 0. The quantitative estimate of drug-likeness (QED) is 0.788. The van der Waals surface area contributed by atoms with Crippen molar-refractivity contribution in [3.05, 3.63) is 45.0 Å². The maximum Gasteiger partial charge on any atom is 0.197 e. The van der Waals surface area contributed by atoms with Gasteiger partial charge in [0.15, 0.2) is 10.6 Å². The van der Waals surface area contributed by atoms with Gasteiger partial charge in [-0.05, 0) is 30.4 Å². The third-order valence-corrected chi connectivity index (χ3v) is 2.74. The van der Waals surface area contributed by atoms with Crippen molar-refractivity contribution in [3.63, 3.8) is 0 Å². The molecule has 0 aliphatic heterocycles. The Balaban J connectivity index is 2.71. The van der Waals surface area contributed by atoms with Crippen LogP contribution < -0.4 is 0 Å². The van der Waals surface area contributed by atoms with Crippen molar-refractivity contribution in [1.29, 1.82) is 0 Å². The Hall–Kier alpha value is -0.970. The van der Waals surface area contributed by atoms with Crippen LogP contribution in [-0.4, -0.2) is 9.97 Å². The second-order valence-electron chi connectivity index (χ2n) is 3.04. The van der Waals surface area contributed by atoms with Crippen molar-refractivity contribution in [2.75, 3.05) is 0 Å². The first kappa shape index (κ1) is 11.5. The summed E-state index contributed by atoms with van der Waals surface area (Å²) >= 11 is 16.6. The second-order valence-corrected chi connectivity index (χ2v) is 4.27. The van der Waals surface area contributed by atoms with E-state index in [0.717, 1.165) is 6.20 Å². The topological polar surface area (TPSA) is 28.7 Å². The number of H-pyrrole nitrogens is 1. The Morgan fingerprint density at radius 1 is 1.31 bits per heavy atom. The van der Waals surface area contributed by atoms with Crippen LogP contribution in [0.25, 0.3) is 11.3 Å². The summed E-state index contributed by atoms with van der Waals surface area (Å²) < 4.78 is 13.7. The number of hydrogen-bond donors (Lipinski definition) is 1. The summed E-state index contributed by atoms with van der Waals surface area (Å²) in [6.45, 7) is 0. The number of aromatic nitrogens is 2. The fourth-order valence-corrected chi connectivity index (χ4v) is 1.80. The molecular formula is C10H5Cl2FN2S. The van der Waals surface area contributed by atoms with Crippen LogP contribution in [0.4, 0.5) is 4.39 Å². The molecule has 0 aliphatic rings. The van der Waals surface area contributed by atoms with Gasteiger partial charge in [-0.25, -0.2) is 9.37 Å². The van der Waals surface area contributed by atoms with E-state index in [0.29, 0.717) is 15.6 Å². The lowest BCUT2D eigenvalue weighted by atomic mass is 10.1. The normalized spacial score (nSPS) is 10.4. The van der Waals surface area contributed by atoms with Gasteiger partial charge in [-0.2, -0.15) is 0 Å². The number of nitrogens with one attached hydrogen (secondary N) is 1. The molecule has 0 bridgehead atoms. The van der Waals surface area contributed by atoms with Crippen LogP contribution in [0.3, 0.4) is 0 Å². The van der Waals surface area contributed by atoms with Crippen LogP contribution in [0.5, 0.6) is 0 Å². The van der Waals surface area contributed by atoms with E-state index in [4.69, 9.17) is 35.4 Å². The Morgan fingerprint density at radius 3 is 2.81 bits per heavy atom. The molecule has 1 aromatic carbocycles. The predicted octanol–water partition coefficient (Wildman–Crippen LogP) is 4.25. The van der Waals surface area contributed by atoms with Crippen molar-refractivity contribution in [2.45, 2.75) is 0 Å². The van der Waals surface area contributed by atoms with Gasteiger partial charge in [-0.3, -0.25) is 0 Å². The maximum absolute atomic E-state index is 13.5. The van der Waals surface area contributed by atoms with Crippen molar-refractivity contribution < 1.29 is 4.39 Å². The molecule has 1 heterocycles. The average Bonchev–Trinajstić information content (AvgIpc) is 2.25. The highest BCUT2D eigenvalue weighted by atomic mass is 35.5. The molecule has 16 heavy (non-hydrogen) atoms. The van der Waals surface area contributed by atoms with Gasteiger partial charge in [0.05, 0.1) is 16.9 Å². The summed E-state index contributed by atoms with van der Waals surface area (Å²) in [5.74, 6) is -0.530. The highest BCUT2D eigenvalue weighted by Crippen LogP contribution is 2.30. The number of rotatable bonds is 1. The van der Waals surface area contributed by atoms with Gasteiger partial charge in [-0.15, -0.1) is 0 Å². The lowest BCUT2D eigenvalue weighted by Crippen LogP contribution is -1.93. The van der Waals surface area contributed by atoms with Gasteiger partial charge in [-0.1, -0.05) is 23.2 Å². The minimum Gasteiger partial charge on any atom is -0.328 e. The molecule has 0 atom stereocenters.